The fourth-order valence-electron chi connectivity index (χ4n) is 1.18. The third kappa shape index (κ3) is 2.21. The number of rotatable bonds is 3. The van der Waals surface area contributed by atoms with Gasteiger partial charge in [0.15, 0.2) is 6.17 Å². The standard InChI is InChI=1S/C10H13N3/c1-8-6-4-5-7-9(8)10(11-2)13-12-3/h4-7,10H,2H2,1,3H3/b13-12-. The normalized spacial score (nSPS) is 13.1. The van der Waals surface area contributed by atoms with Gasteiger partial charge in [0.1, 0.15) is 0 Å². The molecule has 1 aromatic carbocycles. The molecule has 0 heterocycles. The highest BCUT2D eigenvalue weighted by Gasteiger charge is 2.08. The molecule has 0 N–H and O–H groups in total. The first-order valence-corrected chi connectivity index (χ1v) is 4.10. The number of benzene rings is 1. The summed E-state index contributed by atoms with van der Waals surface area (Å²) in [6.07, 6.45) is -0.258. The fourth-order valence-corrected chi connectivity index (χ4v) is 1.18. The van der Waals surface area contributed by atoms with Crippen LogP contribution in [0, 0.1) is 6.92 Å². The Morgan fingerprint density at radius 2 is 2.00 bits per heavy atom. The molecule has 1 aromatic rings. The Balaban J connectivity index is 3.04. The molecular formula is C10H13N3. The zero-order valence-corrected chi connectivity index (χ0v) is 7.94. The molecule has 0 spiro atoms. The molecule has 0 amide bonds. The van der Waals surface area contributed by atoms with Gasteiger partial charge in [-0.05, 0) is 19.2 Å². The van der Waals surface area contributed by atoms with Crippen LogP contribution in [0.5, 0.6) is 0 Å². The Labute approximate surface area is 78.2 Å². The zero-order valence-electron chi connectivity index (χ0n) is 7.94. The van der Waals surface area contributed by atoms with E-state index in [4.69, 9.17) is 0 Å². The van der Waals surface area contributed by atoms with Gasteiger partial charge in [0, 0.05) is 12.6 Å². The summed E-state index contributed by atoms with van der Waals surface area (Å²) < 4.78 is 0. The highest BCUT2D eigenvalue weighted by molar-refractivity contribution is 5.32. The van der Waals surface area contributed by atoms with Gasteiger partial charge in [0.05, 0.1) is 0 Å². The highest BCUT2D eigenvalue weighted by Crippen LogP contribution is 2.21. The summed E-state index contributed by atoms with van der Waals surface area (Å²) in [5, 5.41) is 7.69. The molecule has 0 aromatic heterocycles. The van der Waals surface area contributed by atoms with Crippen molar-refractivity contribution in [3.8, 4) is 0 Å². The van der Waals surface area contributed by atoms with Crippen molar-refractivity contribution in [1.82, 2.24) is 0 Å². The highest BCUT2D eigenvalue weighted by atomic mass is 15.2. The lowest BCUT2D eigenvalue weighted by atomic mass is 10.1. The van der Waals surface area contributed by atoms with Crippen molar-refractivity contribution < 1.29 is 0 Å². The van der Waals surface area contributed by atoms with Crippen LogP contribution in [0.1, 0.15) is 17.3 Å². The molecule has 68 valence electrons. The second-order valence-electron chi connectivity index (χ2n) is 2.73. The third-order valence-electron chi connectivity index (χ3n) is 1.86. The lowest BCUT2D eigenvalue weighted by Crippen LogP contribution is -1.93. The molecule has 1 atom stereocenters. The van der Waals surface area contributed by atoms with Crippen molar-refractivity contribution >= 4 is 6.72 Å². The minimum atomic E-state index is -0.258. The maximum Gasteiger partial charge on any atom is 0.184 e. The Bertz CT molecular complexity index is 318. The van der Waals surface area contributed by atoms with Crippen LogP contribution < -0.4 is 0 Å². The van der Waals surface area contributed by atoms with Gasteiger partial charge in [-0.1, -0.05) is 24.3 Å². The molecule has 0 aliphatic rings. The molecule has 0 aliphatic heterocycles. The van der Waals surface area contributed by atoms with E-state index in [2.05, 4.69) is 21.9 Å². The van der Waals surface area contributed by atoms with Gasteiger partial charge >= 0.3 is 0 Å². The maximum absolute atomic E-state index is 3.97. The summed E-state index contributed by atoms with van der Waals surface area (Å²) in [5.74, 6) is 0. The molecular weight excluding hydrogens is 162 g/mol. The first-order chi connectivity index (χ1) is 6.29. The van der Waals surface area contributed by atoms with Gasteiger partial charge in [-0.25, -0.2) is 0 Å². The molecule has 0 saturated heterocycles. The number of azo groups is 1. The molecule has 3 heteroatoms. The van der Waals surface area contributed by atoms with E-state index in [1.54, 1.807) is 7.05 Å². The average molecular weight is 175 g/mol. The van der Waals surface area contributed by atoms with E-state index in [9.17, 15) is 0 Å². The predicted octanol–water partition coefficient (Wildman–Crippen LogP) is 2.78. The van der Waals surface area contributed by atoms with Gasteiger partial charge in [0.25, 0.3) is 0 Å². The summed E-state index contributed by atoms with van der Waals surface area (Å²) in [6, 6.07) is 7.97. The van der Waals surface area contributed by atoms with Crippen molar-refractivity contribution in [3.05, 3.63) is 35.4 Å². The van der Waals surface area contributed by atoms with Crippen LogP contribution >= 0.6 is 0 Å². The maximum atomic E-state index is 3.97. The number of nitrogens with zero attached hydrogens (tertiary/aromatic N) is 3. The minimum absolute atomic E-state index is 0.258. The van der Waals surface area contributed by atoms with Crippen molar-refractivity contribution in [2.45, 2.75) is 13.1 Å². The Kier molecular flexibility index (Phi) is 3.31. The van der Waals surface area contributed by atoms with Crippen molar-refractivity contribution in [1.29, 1.82) is 0 Å². The van der Waals surface area contributed by atoms with Crippen molar-refractivity contribution in [3.63, 3.8) is 0 Å². The number of aliphatic imine (C=N–C) groups is 1. The van der Waals surface area contributed by atoms with E-state index in [1.165, 1.54) is 0 Å². The lowest BCUT2D eigenvalue weighted by molar-refractivity contribution is 0.720. The van der Waals surface area contributed by atoms with Crippen LogP contribution in [0.15, 0.2) is 39.5 Å². The van der Waals surface area contributed by atoms with E-state index in [1.807, 2.05) is 31.2 Å². The van der Waals surface area contributed by atoms with E-state index in [-0.39, 0.29) is 6.17 Å². The topological polar surface area (TPSA) is 37.1 Å². The number of aryl methyl sites for hydroxylation is 1. The molecule has 1 rings (SSSR count). The Morgan fingerprint density at radius 3 is 2.54 bits per heavy atom. The second kappa shape index (κ2) is 4.50. The van der Waals surface area contributed by atoms with Gasteiger partial charge in [0.2, 0.25) is 0 Å². The lowest BCUT2D eigenvalue weighted by Gasteiger charge is -2.08. The summed E-state index contributed by atoms with van der Waals surface area (Å²) in [5.41, 5.74) is 2.22. The Morgan fingerprint density at radius 1 is 1.31 bits per heavy atom. The summed E-state index contributed by atoms with van der Waals surface area (Å²) >= 11 is 0. The van der Waals surface area contributed by atoms with Crippen LogP contribution in [-0.4, -0.2) is 13.8 Å². The van der Waals surface area contributed by atoms with Gasteiger partial charge in [-0.2, -0.15) is 10.2 Å². The monoisotopic (exact) mass is 175 g/mol. The van der Waals surface area contributed by atoms with Crippen LogP contribution in [0.4, 0.5) is 0 Å². The molecule has 0 fully saturated rings. The molecule has 3 nitrogen and oxygen atoms in total. The van der Waals surface area contributed by atoms with E-state index >= 15 is 0 Å². The zero-order chi connectivity index (χ0) is 9.68. The summed E-state index contributed by atoms with van der Waals surface area (Å²) in [7, 11) is 1.64. The molecule has 1 unspecified atom stereocenters. The van der Waals surface area contributed by atoms with Crippen LogP contribution in [0.25, 0.3) is 0 Å². The molecule has 0 aliphatic carbocycles. The summed E-state index contributed by atoms with van der Waals surface area (Å²) in [6.45, 7) is 5.52. The van der Waals surface area contributed by atoms with Crippen LogP contribution in [-0.2, 0) is 0 Å². The van der Waals surface area contributed by atoms with E-state index < -0.39 is 0 Å². The molecule has 13 heavy (non-hydrogen) atoms. The first-order valence-electron chi connectivity index (χ1n) is 4.10. The van der Waals surface area contributed by atoms with Crippen LogP contribution in [0.2, 0.25) is 0 Å². The number of hydrogen-bond acceptors (Lipinski definition) is 3. The smallest absolute Gasteiger partial charge is 0.184 e. The molecule has 0 bridgehead atoms. The van der Waals surface area contributed by atoms with Gasteiger partial charge in [-0.3, -0.25) is 4.99 Å². The minimum Gasteiger partial charge on any atom is -0.268 e. The average Bonchev–Trinajstić information content (AvgIpc) is 2.16. The van der Waals surface area contributed by atoms with E-state index in [0.717, 1.165) is 11.1 Å². The van der Waals surface area contributed by atoms with Gasteiger partial charge < -0.3 is 0 Å². The van der Waals surface area contributed by atoms with Crippen LogP contribution in [0.3, 0.4) is 0 Å². The Hall–Kier alpha value is -1.51. The predicted molar refractivity (Wildman–Crippen MR) is 54.2 cm³/mol. The quantitative estimate of drug-likeness (QED) is 0.500. The largest absolute Gasteiger partial charge is 0.268 e. The summed E-state index contributed by atoms with van der Waals surface area (Å²) in [4.78, 5) is 3.90. The third-order valence-corrected chi connectivity index (χ3v) is 1.86. The second-order valence-corrected chi connectivity index (χ2v) is 2.73. The van der Waals surface area contributed by atoms with Crippen molar-refractivity contribution in [2.75, 3.05) is 7.05 Å². The first kappa shape index (κ1) is 9.58. The molecule has 0 saturated carbocycles. The SMILES string of the molecule is C=NC(/N=N\C)c1ccccc1C. The van der Waals surface area contributed by atoms with Crippen molar-refractivity contribution in [2.24, 2.45) is 15.2 Å². The molecule has 0 radical (unpaired) electrons. The number of hydrogen-bond donors (Lipinski definition) is 0. The van der Waals surface area contributed by atoms with E-state index in [0.29, 0.717) is 0 Å². The fraction of sp³-hybridized carbons (Fsp3) is 0.300. The van der Waals surface area contributed by atoms with Gasteiger partial charge in [-0.15, -0.1) is 0 Å².